The fraction of sp³-hybridized carbons (Fsp3) is 0.529. The fourth-order valence-corrected chi connectivity index (χ4v) is 3.24. The smallest absolute Gasteiger partial charge is 0.239 e. The van der Waals surface area contributed by atoms with Crippen LogP contribution in [0.5, 0.6) is 0 Å². The van der Waals surface area contributed by atoms with Crippen LogP contribution in [0.3, 0.4) is 0 Å². The quantitative estimate of drug-likeness (QED) is 0.809. The molecule has 2 aliphatic rings. The third-order valence-corrected chi connectivity index (χ3v) is 4.83. The van der Waals surface area contributed by atoms with Gasteiger partial charge >= 0.3 is 0 Å². The van der Waals surface area contributed by atoms with E-state index in [2.05, 4.69) is 26.2 Å². The van der Waals surface area contributed by atoms with Crippen molar-refractivity contribution in [2.24, 2.45) is 11.8 Å². The van der Waals surface area contributed by atoms with E-state index in [1.807, 2.05) is 25.1 Å². The van der Waals surface area contributed by atoms with Crippen molar-refractivity contribution in [1.29, 1.82) is 0 Å². The zero-order chi connectivity index (χ0) is 16.5. The molecule has 2 N–H and O–H groups in total. The monoisotopic (exact) mass is 326 g/mol. The number of aryl methyl sites for hydroxylation is 1. The molecule has 4 rings (SSSR count). The van der Waals surface area contributed by atoms with E-state index in [1.54, 1.807) is 11.0 Å². The lowest BCUT2D eigenvalue weighted by atomic mass is 10.1. The minimum absolute atomic E-state index is 0.0843. The van der Waals surface area contributed by atoms with Gasteiger partial charge in [-0.3, -0.25) is 4.79 Å². The highest BCUT2D eigenvalue weighted by Gasteiger charge is 2.42. The molecule has 0 bridgehead atoms. The number of anilines is 1. The first-order chi connectivity index (χ1) is 11.7. The number of benzene rings is 1. The Morgan fingerprint density at radius 2 is 2.04 bits per heavy atom. The van der Waals surface area contributed by atoms with Crippen molar-refractivity contribution >= 4 is 11.6 Å². The molecule has 1 amide bonds. The average Bonchev–Trinajstić information content (AvgIpc) is 3.50. The van der Waals surface area contributed by atoms with Gasteiger partial charge in [-0.05, 0) is 78.6 Å². The number of nitrogens with zero attached hydrogens (tertiary/aromatic N) is 4. The van der Waals surface area contributed by atoms with Gasteiger partial charge in [-0.1, -0.05) is 0 Å². The van der Waals surface area contributed by atoms with Gasteiger partial charge in [0.05, 0.1) is 12.2 Å². The first-order valence-electron chi connectivity index (χ1n) is 8.58. The van der Waals surface area contributed by atoms with Gasteiger partial charge in [0, 0.05) is 11.7 Å². The zero-order valence-electron chi connectivity index (χ0n) is 13.8. The van der Waals surface area contributed by atoms with E-state index < -0.39 is 0 Å². The van der Waals surface area contributed by atoms with Crippen LogP contribution in [0.25, 0.3) is 5.69 Å². The van der Waals surface area contributed by atoms with Crippen LogP contribution >= 0.6 is 0 Å². The fourth-order valence-electron chi connectivity index (χ4n) is 3.24. The maximum atomic E-state index is 12.2. The largest absolute Gasteiger partial charge is 0.376 e. The van der Waals surface area contributed by atoms with Crippen molar-refractivity contribution in [3.8, 4) is 5.69 Å². The number of amides is 1. The molecule has 0 unspecified atom stereocenters. The Kier molecular flexibility index (Phi) is 3.92. The number of tetrazole rings is 1. The number of nitrogens with one attached hydrogen (secondary N) is 2. The Morgan fingerprint density at radius 1 is 1.29 bits per heavy atom. The van der Waals surface area contributed by atoms with Crippen molar-refractivity contribution in [1.82, 2.24) is 25.5 Å². The highest BCUT2D eigenvalue weighted by molar-refractivity contribution is 5.81. The van der Waals surface area contributed by atoms with E-state index in [0.717, 1.165) is 28.8 Å². The second-order valence-electron chi connectivity index (χ2n) is 6.88. The lowest BCUT2D eigenvalue weighted by Crippen LogP contribution is -2.41. The van der Waals surface area contributed by atoms with Crippen molar-refractivity contribution in [2.75, 3.05) is 11.9 Å². The van der Waals surface area contributed by atoms with Crippen LogP contribution in [0.2, 0.25) is 0 Å². The van der Waals surface area contributed by atoms with Gasteiger partial charge in [-0.2, -0.15) is 0 Å². The van der Waals surface area contributed by atoms with Gasteiger partial charge in [-0.15, -0.1) is 5.10 Å². The van der Waals surface area contributed by atoms with Crippen LogP contribution < -0.4 is 10.6 Å². The zero-order valence-corrected chi connectivity index (χ0v) is 13.8. The molecule has 0 atom stereocenters. The molecule has 126 valence electrons. The Hall–Kier alpha value is -2.44. The molecule has 1 aromatic heterocycles. The molecule has 0 aliphatic heterocycles. The third-order valence-electron chi connectivity index (χ3n) is 4.83. The number of hydrogen-bond acceptors (Lipinski definition) is 5. The Morgan fingerprint density at radius 3 is 2.62 bits per heavy atom. The number of carbonyl (C=O) groups is 1. The standard InChI is InChI=1S/C17H22N6O/c1-11-8-14(6-7-15(11)23-10-19-21-22-23)18-9-16(24)20-17(12-2-3-12)13-4-5-13/h6-8,10,12-13,17-18H,2-5,9H2,1H3,(H,20,24). The second-order valence-corrected chi connectivity index (χ2v) is 6.88. The molecule has 24 heavy (non-hydrogen) atoms. The maximum Gasteiger partial charge on any atom is 0.239 e. The van der Waals surface area contributed by atoms with Crippen molar-refractivity contribution in [3.63, 3.8) is 0 Å². The Balaban J connectivity index is 1.33. The first-order valence-corrected chi connectivity index (χ1v) is 8.58. The predicted molar refractivity (Wildman–Crippen MR) is 89.8 cm³/mol. The van der Waals surface area contributed by atoms with E-state index in [1.165, 1.54) is 25.7 Å². The van der Waals surface area contributed by atoms with Crippen LogP contribution in [0, 0.1) is 18.8 Å². The number of aromatic nitrogens is 4. The molecule has 7 nitrogen and oxygen atoms in total. The molecule has 1 heterocycles. The summed E-state index contributed by atoms with van der Waals surface area (Å²) in [4.78, 5) is 12.2. The third kappa shape index (κ3) is 3.39. The van der Waals surface area contributed by atoms with E-state index in [0.29, 0.717) is 12.6 Å². The van der Waals surface area contributed by atoms with E-state index in [4.69, 9.17) is 0 Å². The van der Waals surface area contributed by atoms with E-state index in [9.17, 15) is 4.79 Å². The molecule has 0 radical (unpaired) electrons. The maximum absolute atomic E-state index is 12.2. The number of carbonyl (C=O) groups excluding carboxylic acids is 1. The molecular weight excluding hydrogens is 304 g/mol. The van der Waals surface area contributed by atoms with Crippen molar-refractivity contribution in [2.45, 2.75) is 38.6 Å². The van der Waals surface area contributed by atoms with Gasteiger partial charge in [0.2, 0.25) is 5.91 Å². The molecule has 2 saturated carbocycles. The second kappa shape index (κ2) is 6.22. The summed E-state index contributed by atoms with van der Waals surface area (Å²) < 4.78 is 1.63. The van der Waals surface area contributed by atoms with Crippen molar-refractivity contribution in [3.05, 3.63) is 30.1 Å². The minimum atomic E-state index is 0.0843. The van der Waals surface area contributed by atoms with Gasteiger partial charge in [0.15, 0.2) is 0 Å². The van der Waals surface area contributed by atoms with E-state index >= 15 is 0 Å². The van der Waals surface area contributed by atoms with Crippen molar-refractivity contribution < 1.29 is 4.79 Å². The first kappa shape index (κ1) is 15.1. The molecule has 0 spiro atoms. The summed E-state index contributed by atoms with van der Waals surface area (Å²) in [7, 11) is 0. The number of rotatable bonds is 7. The summed E-state index contributed by atoms with van der Waals surface area (Å²) in [5.74, 6) is 1.53. The highest BCUT2D eigenvalue weighted by atomic mass is 16.2. The van der Waals surface area contributed by atoms with Crippen LogP contribution in [-0.2, 0) is 4.79 Å². The summed E-state index contributed by atoms with van der Waals surface area (Å²) in [6.45, 7) is 2.30. The Bertz CT molecular complexity index is 709. The minimum Gasteiger partial charge on any atom is -0.376 e. The van der Waals surface area contributed by atoms with Gasteiger partial charge in [0.25, 0.3) is 0 Å². The summed E-state index contributed by atoms with van der Waals surface area (Å²) in [6, 6.07) is 6.30. The molecule has 2 fully saturated rings. The van der Waals surface area contributed by atoms with Crippen LogP contribution in [0.4, 0.5) is 5.69 Å². The van der Waals surface area contributed by atoms with E-state index in [-0.39, 0.29) is 5.91 Å². The SMILES string of the molecule is Cc1cc(NCC(=O)NC(C2CC2)C2CC2)ccc1-n1cnnn1. The van der Waals surface area contributed by atoms with Gasteiger partial charge < -0.3 is 10.6 Å². The van der Waals surface area contributed by atoms with Crippen LogP contribution in [-0.4, -0.2) is 38.7 Å². The van der Waals surface area contributed by atoms with Gasteiger partial charge in [0.1, 0.15) is 6.33 Å². The lowest BCUT2D eigenvalue weighted by molar-refractivity contribution is -0.120. The highest BCUT2D eigenvalue weighted by Crippen LogP contribution is 2.44. The molecule has 2 aromatic rings. The Labute approximate surface area is 140 Å². The van der Waals surface area contributed by atoms with Crippen LogP contribution in [0.15, 0.2) is 24.5 Å². The number of hydrogen-bond donors (Lipinski definition) is 2. The molecular formula is C17H22N6O. The normalized spacial score (nSPS) is 17.1. The summed E-state index contributed by atoms with van der Waals surface area (Å²) in [5.41, 5.74) is 2.90. The molecule has 7 heteroatoms. The summed E-state index contributed by atoms with van der Waals surface area (Å²) >= 11 is 0. The average molecular weight is 326 g/mol. The van der Waals surface area contributed by atoms with Gasteiger partial charge in [-0.25, -0.2) is 4.68 Å². The topological polar surface area (TPSA) is 84.7 Å². The lowest BCUT2D eigenvalue weighted by Gasteiger charge is -2.18. The van der Waals surface area contributed by atoms with Crippen LogP contribution in [0.1, 0.15) is 31.2 Å². The summed E-state index contributed by atoms with van der Waals surface area (Å²) in [6.07, 6.45) is 6.65. The predicted octanol–water partition coefficient (Wildman–Crippen LogP) is 1.69. The molecule has 1 aromatic carbocycles. The molecule has 0 saturated heterocycles. The molecule has 2 aliphatic carbocycles. The summed E-state index contributed by atoms with van der Waals surface area (Å²) in [5, 5.41) is 17.6.